The monoisotopic (exact) mass is 595 g/mol. The summed E-state index contributed by atoms with van der Waals surface area (Å²) < 4.78 is 13.9. The quantitative estimate of drug-likeness (QED) is 0.248. The molecule has 44 heavy (non-hydrogen) atoms. The molecule has 6 nitrogen and oxygen atoms in total. The molecule has 0 spiro atoms. The molecule has 8 rings (SSSR count). The van der Waals surface area contributed by atoms with Crippen LogP contribution in [0.25, 0.3) is 33.9 Å². The van der Waals surface area contributed by atoms with Crippen molar-refractivity contribution in [2.75, 3.05) is 14.2 Å². The summed E-state index contributed by atoms with van der Waals surface area (Å²) in [6.45, 7) is 0. The molecule has 0 fully saturated rings. The van der Waals surface area contributed by atoms with Crippen molar-refractivity contribution in [2.45, 2.75) is 18.9 Å². The number of hydrogen-bond acceptors (Lipinski definition) is 5. The average Bonchev–Trinajstić information content (AvgIpc) is 3.60. The molecule has 3 heterocycles. The lowest BCUT2D eigenvalue weighted by Gasteiger charge is -2.31. The van der Waals surface area contributed by atoms with E-state index in [0.29, 0.717) is 9.33 Å². The second-order valence-electron chi connectivity index (χ2n) is 11.0. The van der Waals surface area contributed by atoms with Gasteiger partial charge in [-0.3, -0.25) is 9.36 Å². The summed E-state index contributed by atoms with van der Waals surface area (Å²) in [6, 6.07) is 32.4. The summed E-state index contributed by atoms with van der Waals surface area (Å²) in [5.74, 6) is 1.52. The Balaban J connectivity index is 1.42. The number of aryl methyl sites for hydroxylation is 1. The van der Waals surface area contributed by atoms with E-state index in [-0.39, 0.29) is 11.6 Å². The zero-order valence-electron chi connectivity index (χ0n) is 24.3. The Hall–Kier alpha value is -5.14. The predicted octanol–water partition coefficient (Wildman–Crippen LogP) is 6.48. The van der Waals surface area contributed by atoms with Gasteiger partial charge in [-0.15, -0.1) is 0 Å². The minimum Gasteiger partial charge on any atom is -0.497 e. The fraction of sp³-hybridized carbons (Fsp3) is 0.135. The molecule has 1 aliphatic heterocycles. The van der Waals surface area contributed by atoms with Gasteiger partial charge < -0.3 is 14.5 Å². The van der Waals surface area contributed by atoms with Gasteiger partial charge in [0.1, 0.15) is 11.5 Å². The maximum Gasteiger partial charge on any atom is 0.271 e. The first-order valence-corrected chi connectivity index (χ1v) is 15.5. The fourth-order valence-electron chi connectivity index (χ4n) is 6.62. The molecular weight excluding hydrogens is 566 g/mol. The number of thiazole rings is 1. The maximum absolute atomic E-state index is 14.5. The number of aromatic amines is 1. The number of ether oxygens (including phenoxy) is 2. The fourth-order valence-corrected chi connectivity index (χ4v) is 7.61. The standard InChI is InChI=1S/C37H29N3O3S/c1-42-24-17-19-30-28(20-24)29(33(38-30)23-11-4-3-5-12-23)21-32-36(41)40-35(26-14-8-9-15-31(26)43-2)27-18-16-22-10-6-7-13-25(22)34(27)39-37(40)44-32/h3-15,17,19-21,35,38H,16,18H2,1-2H3/b32-21+/t35-/m1/s1. The summed E-state index contributed by atoms with van der Waals surface area (Å²) in [5, 5.41) is 0.989. The first-order chi connectivity index (χ1) is 21.6. The third-order valence-corrected chi connectivity index (χ3v) is 9.67. The van der Waals surface area contributed by atoms with Crippen molar-refractivity contribution in [3.8, 4) is 22.8 Å². The van der Waals surface area contributed by atoms with Crippen molar-refractivity contribution in [3.63, 3.8) is 0 Å². The van der Waals surface area contributed by atoms with Crippen molar-refractivity contribution in [1.82, 2.24) is 9.55 Å². The molecule has 1 N–H and O–H groups in total. The van der Waals surface area contributed by atoms with Crippen molar-refractivity contribution in [2.24, 2.45) is 4.99 Å². The number of allylic oxidation sites excluding steroid dienone is 1. The molecule has 2 aliphatic rings. The molecule has 0 saturated carbocycles. The molecule has 1 aliphatic carbocycles. The Kier molecular flexibility index (Phi) is 6.34. The molecule has 4 aromatic carbocycles. The maximum atomic E-state index is 14.5. The number of fused-ring (bicyclic) bond motifs is 4. The van der Waals surface area contributed by atoms with Gasteiger partial charge in [0.2, 0.25) is 0 Å². The van der Waals surface area contributed by atoms with Crippen molar-refractivity contribution in [3.05, 3.63) is 145 Å². The lowest BCUT2D eigenvalue weighted by Crippen LogP contribution is -2.39. The first kappa shape index (κ1) is 26.5. The number of nitrogens with zero attached hydrogens (tertiary/aromatic N) is 2. The lowest BCUT2D eigenvalue weighted by atomic mass is 9.83. The minimum atomic E-state index is -0.315. The number of H-pyrrole nitrogens is 1. The van der Waals surface area contributed by atoms with Crippen LogP contribution in [-0.2, 0) is 6.42 Å². The zero-order chi connectivity index (χ0) is 29.8. The highest BCUT2D eigenvalue weighted by molar-refractivity contribution is 7.07. The summed E-state index contributed by atoms with van der Waals surface area (Å²) in [4.78, 5) is 24.0. The third-order valence-electron chi connectivity index (χ3n) is 8.69. The van der Waals surface area contributed by atoms with Crippen LogP contribution < -0.4 is 24.4 Å². The Morgan fingerprint density at radius 1 is 0.909 bits per heavy atom. The van der Waals surface area contributed by atoms with Crippen LogP contribution >= 0.6 is 11.3 Å². The van der Waals surface area contributed by atoms with Gasteiger partial charge in [-0.05, 0) is 59.9 Å². The van der Waals surface area contributed by atoms with E-state index in [2.05, 4.69) is 47.4 Å². The van der Waals surface area contributed by atoms with Gasteiger partial charge in [-0.1, -0.05) is 84.1 Å². The summed E-state index contributed by atoms with van der Waals surface area (Å²) in [6.07, 6.45) is 3.74. The molecule has 0 amide bonds. The van der Waals surface area contributed by atoms with E-state index in [0.717, 1.165) is 74.5 Å². The van der Waals surface area contributed by atoms with Crippen LogP contribution in [0.4, 0.5) is 0 Å². The molecule has 2 aromatic heterocycles. The van der Waals surface area contributed by atoms with Gasteiger partial charge in [0.15, 0.2) is 4.80 Å². The number of hydrogen-bond donors (Lipinski definition) is 1. The Bertz CT molecular complexity index is 2290. The van der Waals surface area contributed by atoms with E-state index in [9.17, 15) is 4.79 Å². The topological polar surface area (TPSA) is 68.6 Å². The largest absolute Gasteiger partial charge is 0.497 e. The van der Waals surface area contributed by atoms with Crippen molar-refractivity contribution >= 4 is 34.0 Å². The van der Waals surface area contributed by atoms with Gasteiger partial charge in [0.25, 0.3) is 5.56 Å². The van der Waals surface area contributed by atoms with Crippen LogP contribution in [0.5, 0.6) is 11.5 Å². The van der Waals surface area contributed by atoms with Crippen molar-refractivity contribution < 1.29 is 9.47 Å². The van der Waals surface area contributed by atoms with E-state index in [4.69, 9.17) is 14.5 Å². The molecule has 6 aromatic rings. The number of para-hydroxylation sites is 1. The average molecular weight is 596 g/mol. The van der Waals surface area contributed by atoms with Crippen LogP contribution in [0.3, 0.4) is 0 Å². The number of nitrogens with one attached hydrogen (secondary N) is 1. The number of aromatic nitrogens is 2. The first-order valence-electron chi connectivity index (χ1n) is 14.7. The highest BCUT2D eigenvalue weighted by Gasteiger charge is 2.34. The van der Waals surface area contributed by atoms with Gasteiger partial charge in [-0.2, -0.15) is 0 Å². The van der Waals surface area contributed by atoms with Crippen LogP contribution in [0, 0.1) is 0 Å². The second kappa shape index (κ2) is 10.5. The van der Waals surface area contributed by atoms with Crippen molar-refractivity contribution in [1.29, 1.82) is 0 Å². The zero-order valence-corrected chi connectivity index (χ0v) is 25.2. The molecule has 0 unspecified atom stereocenters. The smallest absolute Gasteiger partial charge is 0.271 e. The van der Waals surface area contributed by atoms with E-state index in [1.807, 2.05) is 65.2 Å². The molecule has 0 radical (unpaired) electrons. The van der Waals surface area contributed by atoms with Crippen LogP contribution in [0.15, 0.2) is 112 Å². The molecular formula is C37H29N3O3S. The Morgan fingerprint density at radius 2 is 1.70 bits per heavy atom. The molecule has 1 atom stereocenters. The summed E-state index contributed by atoms with van der Waals surface area (Å²) >= 11 is 1.43. The molecule has 216 valence electrons. The summed E-state index contributed by atoms with van der Waals surface area (Å²) in [5.41, 5.74) is 9.36. The van der Waals surface area contributed by atoms with Gasteiger partial charge in [-0.25, -0.2) is 4.99 Å². The Labute approximate surface area is 257 Å². The normalized spacial score (nSPS) is 15.9. The molecule has 7 heteroatoms. The number of methoxy groups -OCH3 is 2. The van der Waals surface area contributed by atoms with E-state index in [1.54, 1.807) is 14.2 Å². The lowest BCUT2D eigenvalue weighted by molar-refractivity contribution is 0.402. The minimum absolute atomic E-state index is 0.0636. The number of rotatable bonds is 5. The predicted molar refractivity (Wildman–Crippen MR) is 176 cm³/mol. The number of benzene rings is 4. The highest BCUT2D eigenvalue weighted by atomic mass is 32.1. The Morgan fingerprint density at radius 3 is 2.55 bits per heavy atom. The van der Waals surface area contributed by atoms with Crippen LogP contribution in [0.1, 0.15) is 34.7 Å². The van der Waals surface area contributed by atoms with Gasteiger partial charge >= 0.3 is 0 Å². The van der Waals surface area contributed by atoms with Crippen LogP contribution in [0.2, 0.25) is 0 Å². The summed E-state index contributed by atoms with van der Waals surface area (Å²) in [7, 11) is 3.35. The second-order valence-corrected chi connectivity index (χ2v) is 12.1. The van der Waals surface area contributed by atoms with Gasteiger partial charge in [0, 0.05) is 27.6 Å². The van der Waals surface area contributed by atoms with E-state index < -0.39 is 0 Å². The van der Waals surface area contributed by atoms with Crippen LogP contribution in [-0.4, -0.2) is 23.8 Å². The van der Waals surface area contributed by atoms with E-state index in [1.165, 1.54) is 16.9 Å². The van der Waals surface area contributed by atoms with Gasteiger partial charge in [0.05, 0.1) is 36.2 Å². The highest BCUT2D eigenvalue weighted by Crippen LogP contribution is 2.43. The van der Waals surface area contributed by atoms with E-state index >= 15 is 0 Å². The SMILES string of the molecule is COc1ccc2[nH]c(-c3ccccc3)c(/C=c3/sc4n(c3=O)[C@H](c3ccccc3OC)C3=C(N=4)c4ccccc4CC3)c2c1. The molecule has 0 saturated heterocycles. The third kappa shape index (κ3) is 4.15. The molecule has 0 bridgehead atoms.